The highest BCUT2D eigenvalue weighted by atomic mass is 31.3. The van der Waals surface area contributed by atoms with Crippen LogP contribution in [0.5, 0.6) is 0 Å². The highest BCUT2D eigenvalue weighted by Gasteiger charge is 2.46. The molecular weight excluding hydrogens is 407 g/mol. The van der Waals surface area contributed by atoms with Crippen LogP contribution in [0.15, 0.2) is 11.0 Å². The van der Waals surface area contributed by atoms with Crippen LogP contribution in [0, 0.1) is 5.82 Å². The van der Waals surface area contributed by atoms with Gasteiger partial charge in [-0.15, -0.1) is 0 Å². The van der Waals surface area contributed by atoms with E-state index < -0.39 is 64.1 Å². The predicted molar refractivity (Wildman–Crippen MR) is 77.7 cm³/mol. The molecule has 7 N–H and O–H groups in total. The van der Waals surface area contributed by atoms with E-state index >= 15 is 0 Å². The van der Waals surface area contributed by atoms with Gasteiger partial charge in [0, 0.05) is 0 Å². The van der Waals surface area contributed by atoms with Crippen LogP contribution in [0.25, 0.3) is 0 Å². The molecule has 1 aromatic rings. The van der Waals surface area contributed by atoms with Crippen molar-refractivity contribution in [2.45, 2.75) is 24.5 Å². The number of aromatic nitrogens is 2. The Balaban J connectivity index is 2.13. The molecule has 1 aliphatic rings. The van der Waals surface area contributed by atoms with E-state index in [4.69, 9.17) is 25.2 Å². The lowest BCUT2D eigenvalue weighted by molar-refractivity contribution is -0.0545. The summed E-state index contributed by atoms with van der Waals surface area (Å²) >= 11 is 0. The fraction of sp³-hybridized carbons (Fsp3) is 0.556. The van der Waals surface area contributed by atoms with Crippen molar-refractivity contribution in [2.75, 3.05) is 12.3 Å². The fourth-order valence-corrected chi connectivity index (χ4v) is 3.66. The summed E-state index contributed by atoms with van der Waals surface area (Å²) in [6.07, 6.45) is -6.19. The van der Waals surface area contributed by atoms with Crippen LogP contribution in [0.2, 0.25) is 0 Å². The number of nitrogens with two attached hydrogens (primary N) is 1. The maximum Gasteiger partial charge on any atom is 0.481 e. The quantitative estimate of drug-likeness (QED) is 0.269. The highest BCUT2D eigenvalue weighted by Crippen LogP contribution is 2.57. The van der Waals surface area contributed by atoms with Crippen molar-refractivity contribution in [3.63, 3.8) is 0 Å². The molecule has 14 nitrogen and oxygen atoms in total. The molecule has 1 saturated heterocycles. The van der Waals surface area contributed by atoms with E-state index in [2.05, 4.69) is 13.8 Å². The van der Waals surface area contributed by atoms with E-state index in [9.17, 15) is 28.5 Å². The van der Waals surface area contributed by atoms with Gasteiger partial charge in [0.05, 0.1) is 12.8 Å². The molecule has 0 radical (unpaired) electrons. The van der Waals surface area contributed by atoms with Gasteiger partial charge in [-0.1, -0.05) is 0 Å². The molecule has 1 aliphatic heterocycles. The van der Waals surface area contributed by atoms with Crippen LogP contribution in [-0.4, -0.2) is 59.4 Å². The topological polar surface area (TPSA) is 224 Å². The minimum Gasteiger partial charge on any atom is -0.387 e. The Morgan fingerprint density at radius 2 is 1.92 bits per heavy atom. The Bertz CT molecular complexity index is 828. The van der Waals surface area contributed by atoms with Gasteiger partial charge in [-0.2, -0.15) is 9.29 Å². The number of aliphatic hydroxyl groups is 2. The molecule has 0 bridgehead atoms. The number of phosphoric acid groups is 2. The zero-order valence-corrected chi connectivity index (χ0v) is 14.3. The second kappa shape index (κ2) is 7.40. The molecule has 0 aliphatic carbocycles. The lowest BCUT2D eigenvalue weighted by atomic mass is 10.1. The smallest absolute Gasteiger partial charge is 0.387 e. The van der Waals surface area contributed by atoms with Crippen molar-refractivity contribution >= 4 is 21.5 Å². The maximum absolute atomic E-state index is 13.5. The van der Waals surface area contributed by atoms with E-state index in [0.717, 1.165) is 0 Å². The number of hydrogen-bond donors (Lipinski definition) is 6. The molecule has 0 amide bonds. The number of aliphatic hydroxyl groups excluding tert-OH is 2. The summed E-state index contributed by atoms with van der Waals surface area (Å²) in [5, 5.41) is 19.8. The van der Waals surface area contributed by atoms with Crippen molar-refractivity contribution in [3.8, 4) is 0 Å². The van der Waals surface area contributed by atoms with Crippen LogP contribution in [0.4, 0.5) is 10.2 Å². The second-order valence-electron chi connectivity index (χ2n) is 5.05. The Hall–Kier alpha value is -1.25. The van der Waals surface area contributed by atoms with Gasteiger partial charge in [-0.3, -0.25) is 9.09 Å². The summed E-state index contributed by atoms with van der Waals surface area (Å²) in [4.78, 5) is 41.0. The number of phosphoric ester groups is 1. The van der Waals surface area contributed by atoms with Gasteiger partial charge < -0.3 is 35.4 Å². The standard InChI is InChI=1S/C9H14FN3O11P2/c10-3-1-13(9(16)12-7(3)11)8-6(15)5(14)4(23-8)2-22-26(20,21)24-25(17,18)19/h1,4-6,8,14-15H,2H2,(H,20,21)(H2,11,12,16)(H2,17,18,19)/t4-,5?,6?,8-/m1/s1. The molecule has 2 heterocycles. The molecule has 17 heteroatoms. The zero-order chi connectivity index (χ0) is 19.9. The highest BCUT2D eigenvalue weighted by molar-refractivity contribution is 7.60. The molecule has 1 fully saturated rings. The molecule has 0 spiro atoms. The summed E-state index contributed by atoms with van der Waals surface area (Å²) in [5.41, 5.74) is 4.00. The van der Waals surface area contributed by atoms with Gasteiger partial charge in [0.25, 0.3) is 0 Å². The first-order valence-electron chi connectivity index (χ1n) is 6.61. The summed E-state index contributed by atoms with van der Waals surface area (Å²) in [5.74, 6) is -1.81. The Kier molecular flexibility index (Phi) is 5.99. The monoisotopic (exact) mass is 421 g/mol. The predicted octanol–water partition coefficient (Wildman–Crippen LogP) is -2.19. The largest absolute Gasteiger partial charge is 0.481 e. The first-order chi connectivity index (χ1) is 11.8. The Morgan fingerprint density at radius 3 is 2.50 bits per heavy atom. The van der Waals surface area contributed by atoms with Crippen LogP contribution >= 0.6 is 15.6 Å². The first kappa shape index (κ1) is 21.1. The Labute approximate surface area is 143 Å². The number of rotatable bonds is 6. The third-order valence-electron chi connectivity index (χ3n) is 3.16. The lowest BCUT2D eigenvalue weighted by Gasteiger charge is -2.18. The number of ether oxygens (including phenoxy) is 1. The average Bonchev–Trinajstić information content (AvgIpc) is 2.75. The van der Waals surface area contributed by atoms with Crippen LogP contribution in [-0.2, 0) is 22.7 Å². The molecule has 1 aromatic heterocycles. The number of anilines is 1. The summed E-state index contributed by atoms with van der Waals surface area (Å²) in [6, 6.07) is 0. The van der Waals surface area contributed by atoms with E-state index in [1.54, 1.807) is 0 Å². The van der Waals surface area contributed by atoms with E-state index in [1.165, 1.54) is 0 Å². The third-order valence-corrected chi connectivity index (χ3v) is 5.31. The van der Waals surface area contributed by atoms with Gasteiger partial charge in [0.1, 0.15) is 18.3 Å². The van der Waals surface area contributed by atoms with Crippen LogP contribution < -0.4 is 11.4 Å². The van der Waals surface area contributed by atoms with Gasteiger partial charge in [0.2, 0.25) is 0 Å². The van der Waals surface area contributed by atoms with Gasteiger partial charge in [-0.05, 0) is 0 Å². The van der Waals surface area contributed by atoms with E-state index in [1.807, 2.05) is 0 Å². The van der Waals surface area contributed by atoms with E-state index in [0.29, 0.717) is 10.8 Å². The molecule has 2 rings (SSSR count). The normalized spacial score (nSPS) is 28.8. The molecule has 5 atom stereocenters. The molecule has 0 aromatic carbocycles. The first-order valence-corrected chi connectivity index (χ1v) is 9.63. The van der Waals surface area contributed by atoms with Crippen molar-refractivity contribution in [3.05, 3.63) is 22.5 Å². The summed E-state index contributed by atoms with van der Waals surface area (Å²) < 4.78 is 48.7. The van der Waals surface area contributed by atoms with Crippen LogP contribution in [0.1, 0.15) is 6.23 Å². The average molecular weight is 421 g/mol. The second-order valence-corrected chi connectivity index (χ2v) is 7.88. The van der Waals surface area contributed by atoms with Gasteiger partial charge >= 0.3 is 21.3 Å². The minimum atomic E-state index is -5.35. The van der Waals surface area contributed by atoms with E-state index in [-0.39, 0.29) is 0 Å². The number of nitrogen functional groups attached to an aromatic ring is 1. The Morgan fingerprint density at radius 1 is 1.31 bits per heavy atom. The maximum atomic E-state index is 13.5. The zero-order valence-electron chi connectivity index (χ0n) is 12.5. The van der Waals surface area contributed by atoms with Gasteiger partial charge in [0.15, 0.2) is 17.9 Å². The van der Waals surface area contributed by atoms with Crippen molar-refractivity contribution in [1.82, 2.24) is 9.55 Å². The molecule has 26 heavy (non-hydrogen) atoms. The SMILES string of the molecule is Nc1nc(=O)n([C@@H]2O[C@H](COP(=O)(O)OP(=O)(O)O)C(O)C2O)cc1F. The van der Waals surface area contributed by atoms with Crippen molar-refractivity contribution in [1.29, 1.82) is 0 Å². The summed E-state index contributed by atoms with van der Waals surface area (Å²) in [6.45, 7) is -0.970. The van der Waals surface area contributed by atoms with Crippen LogP contribution in [0.3, 0.4) is 0 Å². The molecule has 148 valence electrons. The van der Waals surface area contributed by atoms with Crippen molar-refractivity contribution in [2.24, 2.45) is 0 Å². The van der Waals surface area contributed by atoms with Crippen molar-refractivity contribution < 1.29 is 52.0 Å². The lowest BCUT2D eigenvalue weighted by Crippen LogP contribution is -2.36. The molecule has 3 unspecified atom stereocenters. The molecular formula is C9H14FN3O11P2. The van der Waals surface area contributed by atoms with Gasteiger partial charge in [-0.25, -0.2) is 18.3 Å². The fourth-order valence-electron chi connectivity index (χ4n) is 2.06. The molecule has 0 saturated carbocycles. The number of nitrogens with zero attached hydrogens (tertiary/aromatic N) is 2. The summed E-state index contributed by atoms with van der Waals surface area (Å²) in [7, 11) is -10.6. The minimum absolute atomic E-state index is 0.490. The number of hydrogen-bond acceptors (Lipinski definition) is 10. The number of halogens is 1. The third kappa shape index (κ3) is 4.92.